The first kappa shape index (κ1) is 32.3. The van der Waals surface area contributed by atoms with Crippen LogP contribution in [0.5, 0.6) is 0 Å². The van der Waals surface area contributed by atoms with Crippen LogP contribution in [0.2, 0.25) is 0 Å². The van der Waals surface area contributed by atoms with Gasteiger partial charge in [0, 0.05) is 19.0 Å². The second kappa shape index (κ2) is 18.6. The number of carbonyl (C=O) groups is 3. The number of hydrogen-bond donors (Lipinski definition) is 6. The zero-order chi connectivity index (χ0) is 26.8. The van der Waals surface area contributed by atoms with Gasteiger partial charge in [-0.2, -0.15) is 0 Å². The molecule has 1 heterocycles. The third kappa shape index (κ3) is 11.5. The lowest BCUT2D eigenvalue weighted by atomic mass is 9.94. The molecule has 0 aromatic heterocycles. The molecule has 0 radical (unpaired) electrons. The van der Waals surface area contributed by atoms with Gasteiger partial charge in [0.2, 0.25) is 5.91 Å². The summed E-state index contributed by atoms with van der Waals surface area (Å²) in [5, 5.41) is 24.5. The van der Waals surface area contributed by atoms with Gasteiger partial charge >= 0.3 is 0 Å². The first-order valence-corrected chi connectivity index (χ1v) is 11.9. The van der Waals surface area contributed by atoms with Crippen molar-refractivity contribution in [2.75, 3.05) is 33.7 Å². The number of likely N-dealkylation sites (N-methyl/N-ethyl adjacent to an activating group) is 1. The molecule has 1 amide bonds. The lowest BCUT2D eigenvalue weighted by molar-refractivity contribution is -0.145. The SMILES string of the molecule is CNC(C=O)C(C)c1ccccc1.CNCCC[C@@H](C(C)=O)N1CCNC(C(C)O)C1=O.N=CN. The fourth-order valence-electron chi connectivity index (χ4n) is 3.85. The molecule has 10 nitrogen and oxygen atoms in total. The molecule has 1 saturated heterocycles. The van der Waals surface area contributed by atoms with E-state index in [2.05, 4.69) is 21.7 Å². The second-order valence-corrected chi connectivity index (χ2v) is 8.39. The number of rotatable bonds is 11. The average Bonchev–Trinajstić information content (AvgIpc) is 2.84. The number of aliphatic hydroxyl groups is 1. The molecule has 10 heteroatoms. The minimum atomic E-state index is -0.750. The molecule has 1 aromatic rings. The maximum Gasteiger partial charge on any atom is 0.243 e. The summed E-state index contributed by atoms with van der Waals surface area (Å²) in [6.07, 6.45) is 2.46. The molecular formula is C25H44N6O4. The molecule has 4 unspecified atom stereocenters. The number of ketones is 1. The number of Topliss-reactive ketones (excluding diaryl/α,β-unsaturated/α-hetero) is 1. The van der Waals surface area contributed by atoms with Crippen LogP contribution in [0.3, 0.4) is 0 Å². The fraction of sp³-hybridized carbons (Fsp3) is 0.600. The van der Waals surface area contributed by atoms with E-state index < -0.39 is 12.1 Å². The number of piperazine rings is 1. The van der Waals surface area contributed by atoms with Crippen molar-refractivity contribution in [3.8, 4) is 0 Å². The first-order chi connectivity index (χ1) is 16.7. The van der Waals surface area contributed by atoms with Gasteiger partial charge in [0.1, 0.15) is 12.3 Å². The third-order valence-corrected chi connectivity index (χ3v) is 5.84. The van der Waals surface area contributed by atoms with E-state index in [1.165, 1.54) is 12.5 Å². The number of aliphatic hydroxyl groups excluding tert-OH is 1. The van der Waals surface area contributed by atoms with E-state index in [-0.39, 0.29) is 29.7 Å². The molecule has 35 heavy (non-hydrogen) atoms. The zero-order valence-corrected chi connectivity index (χ0v) is 21.7. The molecule has 5 atom stereocenters. The van der Waals surface area contributed by atoms with Crippen LogP contribution in [0.4, 0.5) is 0 Å². The van der Waals surface area contributed by atoms with Gasteiger partial charge in [-0.3, -0.25) is 15.0 Å². The van der Waals surface area contributed by atoms with Gasteiger partial charge in [-0.1, -0.05) is 37.3 Å². The number of nitrogens with one attached hydrogen (secondary N) is 4. The van der Waals surface area contributed by atoms with E-state index in [9.17, 15) is 19.5 Å². The van der Waals surface area contributed by atoms with E-state index >= 15 is 0 Å². The Morgan fingerprint density at radius 3 is 2.37 bits per heavy atom. The summed E-state index contributed by atoms with van der Waals surface area (Å²) in [6.45, 7) is 7.11. The molecule has 198 valence electrons. The van der Waals surface area contributed by atoms with Crippen molar-refractivity contribution in [3.05, 3.63) is 35.9 Å². The molecule has 0 aliphatic carbocycles. The molecule has 0 bridgehead atoms. The van der Waals surface area contributed by atoms with Crippen LogP contribution in [0, 0.1) is 5.41 Å². The zero-order valence-electron chi connectivity index (χ0n) is 21.7. The van der Waals surface area contributed by atoms with Crippen LogP contribution in [0.15, 0.2) is 30.3 Å². The Kier molecular flexibility index (Phi) is 17.2. The predicted octanol–water partition coefficient (Wildman–Crippen LogP) is 0.254. The average molecular weight is 493 g/mol. The lowest BCUT2D eigenvalue weighted by Gasteiger charge is -2.38. The summed E-state index contributed by atoms with van der Waals surface area (Å²) in [6, 6.07) is 8.97. The summed E-state index contributed by atoms with van der Waals surface area (Å²) in [5.74, 6) is 0.0605. The molecule has 0 spiro atoms. The summed E-state index contributed by atoms with van der Waals surface area (Å²) in [7, 11) is 3.67. The number of benzene rings is 1. The minimum Gasteiger partial charge on any atom is -0.391 e. The number of nitrogens with two attached hydrogens (primary N) is 1. The maximum atomic E-state index is 12.3. The van der Waals surface area contributed by atoms with Gasteiger partial charge in [0.05, 0.1) is 24.5 Å². The number of carbonyl (C=O) groups excluding carboxylic acids is 3. The van der Waals surface area contributed by atoms with E-state index in [0.29, 0.717) is 19.5 Å². The third-order valence-electron chi connectivity index (χ3n) is 5.84. The van der Waals surface area contributed by atoms with E-state index in [4.69, 9.17) is 5.41 Å². The van der Waals surface area contributed by atoms with Crippen LogP contribution < -0.4 is 21.7 Å². The highest BCUT2D eigenvalue weighted by Crippen LogP contribution is 2.17. The van der Waals surface area contributed by atoms with Crippen LogP contribution in [-0.4, -0.2) is 92.3 Å². The Bertz CT molecular complexity index is 747. The number of amides is 1. The normalized spacial score (nSPS) is 18.5. The Balaban J connectivity index is 0.000000626. The molecule has 1 aliphatic heterocycles. The standard InChI is InChI=1S/C13H25N3O3.C11H15NO.CH4N2/c1-9(17)11(5-4-6-14-3)16-8-7-15-12(10(2)18)13(16)19;1-9(11(8-13)12-2)10-6-4-3-5-7-10;2-1-3/h10-12,14-15,18H,4-8H2,1-3H3;3-9,11-12H,1-2H3;1H,(H3,2,3)/t10?,11-,12?;;/m0../s1. The lowest BCUT2D eigenvalue weighted by Crippen LogP contribution is -2.62. The van der Waals surface area contributed by atoms with Crippen LogP contribution in [0.25, 0.3) is 0 Å². The molecule has 2 rings (SSSR count). The van der Waals surface area contributed by atoms with Crippen molar-refractivity contribution in [3.63, 3.8) is 0 Å². The van der Waals surface area contributed by atoms with E-state index in [1.54, 1.807) is 18.9 Å². The quantitative estimate of drug-likeness (QED) is 0.111. The second-order valence-electron chi connectivity index (χ2n) is 8.39. The fourth-order valence-corrected chi connectivity index (χ4v) is 3.85. The van der Waals surface area contributed by atoms with Crippen molar-refractivity contribution in [2.24, 2.45) is 5.73 Å². The van der Waals surface area contributed by atoms with Crippen LogP contribution in [0.1, 0.15) is 45.1 Å². The maximum absolute atomic E-state index is 12.3. The molecule has 7 N–H and O–H groups in total. The van der Waals surface area contributed by atoms with Gasteiger partial charge in [-0.25, -0.2) is 0 Å². The molecule has 1 aromatic carbocycles. The van der Waals surface area contributed by atoms with Gasteiger partial charge in [-0.15, -0.1) is 0 Å². The molecule has 0 saturated carbocycles. The van der Waals surface area contributed by atoms with Crippen LogP contribution in [-0.2, 0) is 14.4 Å². The highest BCUT2D eigenvalue weighted by atomic mass is 16.3. The number of hydrogen-bond acceptors (Lipinski definition) is 8. The minimum absolute atomic E-state index is 0.00990. The summed E-state index contributed by atoms with van der Waals surface area (Å²) in [4.78, 5) is 36.3. The topological polar surface area (TPSA) is 161 Å². The Hall–Kier alpha value is -2.66. The van der Waals surface area contributed by atoms with Gasteiger partial charge in [0.15, 0.2) is 5.78 Å². The molecule has 1 aliphatic rings. The Morgan fingerprint density at radius 2 is 1.91 bits per heavy atom. The van der Waals surface area contributed by atoms with Crippen molar-refractivity contribution < 1.29 is 19.5 Å². The van der Waals surface area contributed by atoms with Crippen molar-refractivity contribution in [1.82, 2.24) is 20.9 Å². The molecular weight excluding hydrogens is 448 g/mol. The summed E-state index contributed by atoms with van der Waals surface area (Å²) >= 11 is 0. The van der Waals surface area contributed by atoms with Gasteiger partial charge in [0.25, 0.3) is 0 Å². The Labute approximate surface area is 209 Å². The van der Waals surface area contributed by atoms with Gasteiger partial charge in [-0.05, 0) is 52.9 Å². The number of nitrogens with zero attached hydrogens (tertiary/aromatic N) is 1. The van der Waals surface area contributed by atoms with Gasteiger partial charge < -0.3 is 36.5 Å². The van der Waals surface area contributed by atoms with Crippen molar-refractivity contribution >= 4 is 24.3 Å². The smallest absolute Gasteiger partial charge is 0.243 e. The highest BCUT2D eigenvalue weighted by Gasteiger charge is 2.36. The highest BCUT2D eigenvalue weighted by molar-refractivity contribution is 5.90. The van der Waals surface area contributed by atoms with Crippen LogP contribution >= 0.6 is 0 Å². The summed E-state index contributed by atoms with van der Waals surface area (Å²) in [5.41, 5.74) is 5.58. The Morgan fingerprint density at radius 1 is 1.31 bits per heavy atom. The summed E-state index contributed by atoms with van der Waals surface area (Å²) < 4.78 is 0. The first-order valence-electron chi connectivity index (χ1n) is 11.9. The van der Waals surface area contributed by atoms with E-state index in [0.717, 1.165) is 25.6 Å². The van der Waals surface area contributed by atoms with Crippen molar-refractivity contribution in [1.29, 1.82) is 5.41 Å². The monoisotopic (exact) mass is 492 g/mol. The van der Waals surface area contributed by atoms with E-state index in [1.807, 2.05) is 44.3 Å². The predicted molar refractivity (Wildman–Crippen MR) is 140 cm³/mol. The van der Waals surface area contributed by atoms with Crippen molar-refractivity contribution in [2.45, 2.75) is 63.8 Å². The molecule has 1 fully saturated rings. The number of aldehydes is 1. The largest absolute Gasteiger partial charge is 0.391 e.